The van der Waals surface area contributed by atoms with E-state index in [9.17, 15) is 4.79 Å². The van der Waals surface area contributed by atoms with E-state index in [0.717, 1.165) is 5.69 Å². The number of thiazole rings is 1. The minimum Gasteiger partial charge on any atom is -0.485 e. The Morgan fingerprint density at radius 2 is 2.14 bits per heavy atom. The molecular weight excluding hydrogens is 400 g/mol. The maximum atomic E-state index is 12.2. The lowest BCUT2D eigenvalue weighted by Gasteiger charge is -2.23. The van der Waals surface area contributed by atoms with Crippen LogP contribution in [0.15, 0.2) is 50.1 Å². The number of fused-ring (bicyclic) bond motifs is 2. The maximum absolute atomic E-state index is 12.2. The number of ether oxygens (including phenoxy) is 2. The summed E-state index contributed by atoms with van der Waals surface area (Å²) in [6.45, 7) is 2.19. The molecule has 0 radical (unpaired) electrons. The third kappa shape index (κ3) is 3.14. The molecule has 5 rings (SSSR count). The van der Waals surface area contributed by atoms with Crippen molar-refractivity contribution in [2.24, 2.45) is 0 Å². The fraction of sp³-hybridized carbons (Fsp3) is 0.222. The molecule has 0 spiro atoms. The van der Waals surface area contributed by atoms with Crippen molar-refractivity contribution in [1.29, 1.82) is 0 Å². The Kier molecular flexibility index (Phi) is 4.29. The molecule has 28 heavy (non-hydrogen) atoms. The quantitative estimate of drug-likeness (QED) is 0.470. The molecule has 0 aliphatic carbocycles. The number of nitrogens with zero attached hydrogens (tertiary/aromatic N) is 4. The fourth-order valence-corrected chi connectivity index (χ4v) is 4.41. The largest absolute Gasteiger partial charge is 0.485 e. The Bertz CT molecular complexity index is 1220. The van der Waals surface area contributed by atoms with Crippen LogP contribution in [0, 0.1) is 6.92 Å². The highest BCUT2D eigenvalue weighted by atomic mass is 32.2. The van der Waals surface area contributed by atoms with Crippen LogP contribution in [0.25, 0.3) is 4.96 Å². The monoisotopic (exact) mass is 414 g/mol. The van der Waals surface area contributed by atoms with E-state index in [2.05, 4.69) is 15.2 Å². The SMILES string of the molecule is Cc1csc2nc(CSc3nnc([C@@H]4COc5ccccc5O4)o3)cc(=O)n12. The van der Waals surface area contributed by atoms with Gasteiger partial charge in [0.2, 0.25) is 6.10 Å². The summed E-state index contributed by atoms with van der Waals surface area (Å²) >= 11 is 2.77. The van der Waals surface area contributed by atoms with Gasteiger partial charge in [0.15, 0.2) is 16.5 Å². The zero-order valence-electron chi connectivity index (χ0n) is 14.7. The highest BCUT2D eigenvalue weighted by Gasteiger charge is 2.27. The van der Waals surface area contributed by atoms with Gasteiger partial charge in [-0.25, -0.2) is 4.98 Å². The lowest BCUT2D eigenvalue weighted by molar-refractivity contribution is 0.0686. The van der Waals surface area contributed by atoms with Crippen LogP contribution in [0.5, 0.6) is 11.5 Å². The third-order valence-corrected chi connectivity index (χ3v) is 5.97. The van der Waals surface area contributed by atoms with Crippen LogP contribution >= 0.6 is 23.1 Å². The van der Waals surface area contributed by atoms with E-state index in [-0.39, 0.29) is 5.56 Å². The van der Waals surface area contributed by atoms with Crippen LogP contribution in [-0.4, -0.2) is 26.2 Å². The van der Waals surface area contributed by atoms with Gasteiger partial charge in [-0.3, -0.25) is 9.20 Å². The van der Waals surface area contributed by atoms with Crippen LogP contribution in [0.1, 0.15) is 23.4 Å². The van der Waals surface area contributed by atoms with Gasteiger partial charge in [0.1, 0.15) is 6.61 Å². The topological polar surface area (TPSA) is 91.8 Å². The molecule has 0 unspecified atom stereocenters. The number of aryl methyl sites for hydroxylation is 1. The van der Waals surface area contributed by atoms with Gasteiger partial charge in [-0.2, -0.15) is 0 Å². The van der Waals surface area contributed by atoms with E-state index < -0.39 is 6.10 Å². The number of para-hydroxylation sites is 2. The lowest BCUT2D eigenvalue weighted by atomic mass is 10.2. The molecule has 4 aromatic rings. The standard InChI is InChI=1S/C18H14N4O4S2/c1-10-8-27-17-19-11(6-15(23)22(10)17)9-28-18-21-20-16(26-18)14-7-24-12-4-2-3-5-13(12)25-14/h2-6,8,14H,7,9H2,1H3/t14-/m0/s1. The fourth-order valence-electron chi connectivity index (χ4n) is 2.86. The smallest absolute Gasteiger partial charge is 0.277 e. The first-order chi connectivity index (χ1) is 13.7. The first-order valence-electron chi connectivity index (χ1n) is 8.49. The number of hydrogen-bond acceptors (Lipinski definition) is 9. The Morgan fingerprint density at radius 3 is 3.04 bits per heavy atom. The summed E-state index contributed by atoms with van der Waals surface area (Å²) in [5.41, 5.74) is 1.47. The Morgan fingerprint density at radius 1 is 1.29 bits per heavy atom. The molecule has 0 amide bonds. The summed E-state index contributed by atoms with van der Waals surface area (Å²) in [4.78, 5) is 17.4. The molecule has 142 valence electrons. The molecule has 4 heterocycles. The summed E-state index contributed by atoms with van der Waals surface area (Å²) in [5, 5.41) is 10.4. The molecular formula is C18H14N4O4S2. The number of aromatic nitrogens is 4. The summed E-state index contributed by atoms with van der Waals surface area (Å²) < 4.78 is 18.9. The average Bonchev–Trinajstić information content (AvgIpc) is 3.33. The van der Waals surface area contributed by atoms with Crippen molar-refractivity contribution in [3.8, 4) is 11.5 Å². The second kappa shape index (κ2) is 6.95. The molecule has 1 aromatic carbocycles. The molecule has 1 atom stereocenters. The summed E-state index contributed by atoms with van der Waals surface area (Å²) in [7, 11) is 0. The second-order valence-electron chi connectivity index (χ2n) is 6.14. The number of rotatable bonds is 4. The van der Waals surface area contributed by atoms with E-state index >= 15 is 0 Å². The van der Waals surface area contributed by atoms with Crippen molar-refractivity contribution in [1.82, 2.24) is 19.6 Å². The molecule has 0 N–H and O–H groups in total. The van der Waals surface area contributed by atoms with Crippen LogP contribution in [0.3, 0.4) is 0 Å². The Balaban J connectivity index is 1.29. The van der Waals surface area contributed by atoms with E-state index in [1.165, 1.54) is 29.2 Å². The zero-order chi connectivity index (χ0) is 19.1. The molecule has 0 saturated carbocycles. The highest BCUT2D eigenvalue weighted by Crippen LogP contribution is 2.36. The molecule has 0 saturated heterocycles. The average molecular weight is 414 g/mol. The van der Waals surface area contributed by atoms with Crippen LogP contribution in [0.2, 0.25) is 0 Å². The highest BCUT2D eigenvalue weighted by molar-refractivity contribution is 7.98. The van der Waals surface area contributed by atoms with Crippen molar-refractivity contribution in [3.63, 3.8) is 0 Å². The Hall–Kier alpha value is -2.85. The van der Waals surface area contributed by atoms with Gasteiger partial charge >= 0.3 is 0 Å². The minimum absolute atomic E-state index is 0.0861. The summed E-state index contributed by atoms with van der Waals surface area (Å²) in [6.07, 6.45) is -0.454. The maximum Gasteiger partial charge on any atom is 0.277 e. The van der Waals surface area contributed by atoms with Crippen molar-refractivity contribution < 1.29 is 13.9 Å². The van der Waals surface area contributed by atoms with Gasteiger partial charge in [-0.05, 0) is 19.1 Å². The first kappa shape index (κ1) is 17.3. The predicted octanol–water partition coefficient (Wildman–Crippen LogP) is 3.25. The summed E-state index contributed by atoms with van der Waals surface area (Å²) in [5.74, 6) is 2.16. The van der Waals surface area contributed by atoms with Gasteiger partial charge in [-0.15, -0.1) is 21.5 Å². The lowest BCUT2D eigenvalue weighted by Crippen LogP contribution is -2.21. The van der Waals surface area contributed by atoms with Crippen molar-refractivity contribution in [2.45, 2.75) is 24.0 Å². The molecule has 10 heteroatoms. The van der Waals surface area contributed by atoms with Gasteiger partial charge in [-0.1, -0.05) is 23.9 Å². The molecule has 8 nitrogen and oxygen atoms in total. The molecule has 3 aromatic heterocycles. The van der Waals surface area contributed by atoms with E-state index in [1.807, 2.05) is 36.6 Å². The normalized spacial score (nSPS) is 15.8. The van der Waals surface area contributed by atoms with Gasteiger partial charge in [0.25, 0.3) is 16.7 Å². The van der Waals surface area contributed by atoms with Gasteiger partial charge < -0.3 is 13.9 Å². The predicted molar refractivity (Wildman–Crippen MR) is 103 cm³/mol. The molecule has 1 aliphatic rings. The van der Waals surface area contributed by atoms with Crippen molar-refractivity contribution >= 4 is 28.1 Å². The van der Waals surface area contributed by atoms with Gasteiger partial charge in [0, 0.05) is 22.9 Å². The zero-order valence-corrected chi connectivity index (χ0v) is 16.3. The van der Waals surface area contributed by atoms with Crippen LogP contribution in [0.4, 0.5) is 0 Å². The minimum atomic E-state index is -0.454. The number of thioether (sulfide) groups is 1. The first-order valence-corrected chi connectivity index (χ1v) is 10.4. The van der Waals surface area contributed by atoms with Crippen molar-refractivity contribution in [2.75, 3.05) is 6.61 Å². The van der Waals surface area contributed by atoms with Crippen molar-refractivity contribution in [3.05, 3.63) is 63.3 Å². The van der Waals surface area contributed by atoms with Crippen LogP contribution in [-0.2, 0) is 5.75 Å². The summed E-state index contributed by atoms with van der Waals surface area (Å²) in [6, 6.07) is 8.98. The third-order valence-electron chi connectivity index (χ3n) is 4.18. The Labute approximate surface area is 167 Å². The van der Waals surface area contributed by atoms with Gasteiger partial charge in [0.05, 0.1) is 5.69 Å². The molecule has 1 aliphatic heterocycles. The van der Waals surface area contributed by atoms with Crippen LogP contribution < -0.4 is 15.0 Å². The van der Waals surface area contributed by atoms with E-state index in [4.69, 9.17) is 13.9 Å². The van der Waals surface area contributed by atoms with E-state index in [1.54, 1.807) is 4.40 Å². The number of hydrogen-bond donors (Lipinski definition) is 0. The number of benzene rings is 1. The second-order valence-corrected chi connectivity index (χ2v) is 7.90. The molecule has 0 fully saturated rings. The molecule has 0 bridgehead atoms. The van der Waals surface area contributed by atoms with E-state index in [0.29, 0.717) is 45.6 Å².